The lowest BCUT2D eigenvalue weighted by Crippen LogP contribution is -2.06. The fourth-order valence-corrected chi connectivity index (χ4v) is 1.84. The van der Waals surface area contributed by atoms with Crippen molar-refractivity contribution in [3.63, 3.8) is 0 Å². The molecule has 4 nitrogen and oxygen atoms in total. The van der Waals surface area contributed by atoms with E-state index in [1.54, 1.807) is 7.11 Å². The Morgan fingerprint density at radius 2 is 2.31 bits per heavy atom. The number of hydrogen-bond acceptors (Lipinski definition) is 3. The summed E-state index contributed by atoms with van der Waals surface area (Å²) in [4.78, 5) is 3.12. The molecule has 0 fully saturated rings. The molecule has 2 rings (SSSR count). The first-order chi connectivity index (χ1) is 7.76. The zero-order valence-electron chi connectivity index (χ0n) is 9.23. The number of rotatable bonds is 4. The summed E-state index contributed by atoms with van der Waals surface area (Å²) in [5.41, 5.74) is 7.31. The lowest BCUT2D eigenvalue weighted by atomic mass is 10.1. The van der Waals surface area contributed by atoms with E-state index in [1.807, 2.05) is 24.4 Å². The third kappa shape index (κ3) is 1.89. The Morgan fingerprint density at radius 1 is 1.50 bits per heavy atom. The zero-order chi connectivity index (χ0) is 11.5. The summed E-state index contributed by atoms with van der Waals surface area (Å²) in [6.45, 7) is 0.470. The van der Waals surface area contributed by atoms with Gasteiger partial charge in [-0.15, -0.1) is 0 Å². The molecule has 4 N–H and O–H groups in total. The van der Waals surface area contributed by atoms with Crippen molar-refractivity contribution in [3.8, 4) is 5.75 Å². The SMILES string of the molecule is COc1ccc2[nH]cc([C@H](O)CCN)c2c1. The lowest BCUT2D eigenvalue weighted by molar-refractivity contribution is 0.172. The van der Waals surface area contributed by atoms with Gasteiger partial charge in [-0.3, -0.25) is 0 Å². The van der Waals surface area contributed by atoms with Crippen molar-refractivity contribution in [2.75, 3.05) is 13.7 Å². The van der Waals surface area contributed by atoms with Crippen LogP contribution in [0.25, 0.3) is 10.9 Å². The minimum atomic E-state index is -0.522. The second kappa shape index (κ2) is 4.55. The number of methoxy groups -OCH3 is 1. The monoisotopic (exact) mass is 220 g/mol. The molecular weight excluding hydrogens is 204 g/mol. The third-order valence-electron chi connectivity index (χ3n) is 2.72. The van der Waals surface area contributed by atoms with E-state index in [4.69, 9.17) is 10.5 Å². The van der Waals surface area contributed by atoms with E-state index >= 15 is 0 Å². The van der Waals surface area contributed by atoms with Crippen LogP contribution in [0.2, 0.25) is 0 Å². The quantitative estimate of drug-likeness (QED) is 0.732. The van der Waals surface area contributed by atoms with Crippen molar-refractivity contribution in [3.05, 3.63) is 30.0 Å². The highest BCUT2D eigenvalue weighted by Crippen LogP contribution is 2.28. The van der Waals surface area contributed by atoms with Crippen LogP contribution < -0.4 is 10.5 Å². The molecule has 1 aromatic heterocycles. The first-order valence-corrected chi connectivity index (χ1v) is 5.29. The summed E-state index contributed by atoms with van der Waals surface area (Å²) in [5.74, 6) is 0.785. The van der Waals surface area contributed by atoms with Crippen molar-refractivity contribution in [2.45, 2.75) is 12.5 Å². The average molecular weight is 220 g/mol. The summed E-state index contributed by atoms with van der Waals surface area (Å²) in [6.07, 6.45) is 1.86. The van der Waals surface area contributed by atoms with Gasteiger partial charge in [0.15, 0.2) is 0 Å². The first kappa shape index (κ1) is 11.0. The van der Waals surface area contributed by atoms with E-state index in [2.05, 4.69) is 4.98 Å². The Kier molecular flexibility index (Phi) is 3.12. The van der Waals surface area contributed by atoms with Crippen LogP contribution in [0.15, 0.2) is 24.4 Å². The van der Waals surface area contributed by atoms with Crippen LogP contribution in [0, 0.1) is 0 Å². The summed E-state index contributed by atoms with van der Waals surface area (Å²) < 4.78 is 5.17. The molecule has 0 aliphatic carbocycles. The van der Waals surface area contributed by atoms with Gasteiger partial charge in [0, 0.05) is 22.7 Å². The zero-order valence-corrected chi connectivity index (χ0v) is 9.23. The number of H-pyrrole nitrogens is 1. The molecule has 0 saturated carbocycles. The minimum Gasteiger partial charge on any atom is -0.497 e. The maximum absolute atomic E-state index is 9.93. The van der Waals surface area contributed by atoms with Gasteiger partial charge in [0.05, 0.1) is 13.2 Å². The van der Waals surface area contributed by atoms with Gasteiger partial charge in [-0.05, 0) is 31.2 Å². The molecule has 0 unspecified atom stereocenters. The fraction of sp³-hybridized carbons (Fsp3) is 0.333. The Labute approximate surface area is 94.0 Å². The Balaban J connectivity index is 2.45. The largest absolute Gasteiger partial charge is 0.497 e. The first-order valence-electron chi connectivity index (χ1n) is 5.29. The van der Waals surface area contributed by atoms with Gasteiger partial charge in [-0.25, -0.2) is 0 Å². The fourth-order valence-electron chi connectivity index (χ4n) is 1.84. The molecule has 16 heavy (non-hydrogen) atoms. The summed E-state index contributed by atoms with van der Waals surface area (Å²) in [6, 6.07) is 5.74. The molecule has 0 aliphatic heterocycles. The predicted molar refractivity (Wildman–Crippen MR) is 63.5 cm³/mol. The Morgan fingerprint density at radius 3 is 3.00 bits per heavy atom. The molecule has 1 heterocycles. The van der Waals surface area contributed by atoms with Crippen molar-refractivity contribution in [1.82, 2.24) is 4.98 Å². The number of hydrogen-bond donors (Lipinski definition) is 3. The average Bonchev–Trinajstić information content (AvgIpc) is 2.71. The number of aromatic nitrogens is 1. The van der Waals surface area contributed by atoms with Crippen LogP contribution >= 0.6 is 0 Å². The molecule has 0 aliphatic rings. The van der Waals surface area contributed by atoms with E-state index in [1.165, 1.54) is 0 Å². The van der Waals surface area contributed by atoms with Crippen molar-refractivity contribution in [2.24, 2.45) is 5.73 Å². The number of aliphatic hydroxyl groups is 1. The third-order valence-corrected chi connectivity index (χ3v) is 2.72. The topological polar surface area (TPSA) is 71.3 Å². The number of aliphatic hydroxyl groups excluding tert-OH is 1. The summed E-state index contributed by atoms with van der Waals surface area (Å²) >= 11 is 0. The highest BCUT2D eigenvalue weighted by atomic mass is 16.5. The maximum Gasteiger partial charge on any atom is 0.119 e. The molecule has 0 amide bonds. The molecule has 0 spiro atoms. The number of nitrogens with one attached hydrogen (secondary N) is 1. The van der Waals surface area contributed by atoms with Gasteiger partial charge in [0.25, 0.3) is 0 Å². The smallest absolute Gasteiger partial charge is 0.119 e. The molecule has 0 radical (unpaired) electrons. The van der Waals surface area contributed by atoms with Crippen LogP contribution in [-0.2, 0) is 0 Å². The second-order valence-corrected chi connectivity index (χ2v) is 3.75. The summed E-state index contributed by atoms with van der Waals surface area (Å²) in [5, 5.41) is 10.9. The van der Waals surface area contributed by atoms with Crippen LogP contribution in [0.1, 0.15) is 18.1 Å². The van der Waals surface area contributed by atoms with Gasteiger partial charge in [0.2, 0.25) is 0 Å². The van der Waals surface area contributed by atoms with E-state index in [9.17, 15) is 5.11 Å². The van der Waals surface area contributed by atoms with Gasteiger partial charge in [0.1, 0.15) is 5.75 Å². The Bertz CT molecular complexity index is 479. The van der Waals surface area contributed by atoms with Crippen LogP contribution in [-0.4, -0.2) is 23.7 Å². The molecule has 2 aromatic rings. The number of fused-ring (bicyclic) bond motifs is 1. The molecular formula is C12H16N2O2. The number of aromatic amines is 1. The molecule has 4 heteroatoms. The lowest BCUT2D eigenvalue weighted by Gasteiger charge is -2.08. The van der Waals surface area contributed by atoms with Gasteiger partial charge in [-0.2, -0.15) is 0 Å². The van der Waals surface area contributed by atoms with Crippen molar-refractivity contribution in [1.29, 1.82) is 0 Å². The molecule has 0 bridgehead atoms. The molecule has 86 valence electrons. The number of benzene rings is 1. The van der Waals surface area contributed by atoms with Gasteiger partial charge >= 0.3 is 0 Å². The number of nitrogens with two attached hydrogens (primary N) is 1. The molecule has 1 atom stereocenters. The normalized spacial score (nSPS) is 12.9. The predicted octanol–water partition coefficient (Wildman–Crippen LogP) is 1.56. The second-order valence-electron chi connectivity index (χ2n) is 3.75. The van der Waals surface area contributed by atoms with Gasteiger partial charge < -0.3 is 20.6 Å². The molecule has 1 aromatic carbocycles. The van der Waals surface area contributed by atoms with E-state index < -0.39 is 6.10 Å². The van der Waals surface area contributed by atoms with Crippen LogP contribution in [0.5, 0.6) is 5.75 Å². The van der Waals surface area contributed by atoms with E-state index in [0.717, 1.165) is 22.2 Å². The van der Waals surface area contributed by atoms with Crippen LogP contribution in [0.3, 0.4) is 0 Å². The summed E-state index contributed by atoms with van der Waals surface area (Å²) in [7, 11) is 1.63. The van der Waals surface area contributed by atoms with Crippen LogP contribution in [0.4, 0.5) is 0 Å². The maximum atomic E-state index is 9.93. The van der Waals surface area contributed by atoms with Crippen molar-refractivity contribution >= 4 is 10.9 Å². The standard InChI is InChI=1S/C12H16N2O2/c1-16-8-2-3-11-9(6-8)10(7-14-11)12(15)4-5-13/h2-3,6-7,12,14-15H,4-5,13H2,1H3/t12-/m1/s1. The Hall–Kier alpha value is -1.52. The van der Waals surface area contributed by atoms with Crippen molar-refractivity contribution < 1.29 is 9.84 Å². The van der Waals surface area contributed by atoms with E-state index in [0.29, 0.717) is 13.0 Å². The minimum absolute atomic E-state index is 0.470. The van der Waals surface area contributed by atoms with E-state index in [-0.39, 0.29) is 0 Å². The highest BCUT2D eigenvalue weighted by Gasteiger charge is 2.12. The molecule has 0 saturated heterocycles. The van der Waals surface area contributed by atoms with Gasteiger partial charge in [-0.1, -0.05) is 0 Å². The number of ether oxygens (including phenoxy) is 1. The highest BCUT2D eigenvalue weighted by molar-refractivity contribution is 5.85.